The molecule has 0 saturated heterocycles. The second-order valence-electron chi connectivity index (χ2n) is 5.66. The van der Waals surface area contributed by atoms with Gasteiger partial charge in [0.05, 0.1) is 33.0 Å². The maximum absolute atomic E-state index is 12.2. The number of thiazole rings is 1. The van der Waals surface area contributed by atoms with Crippen molar-refractivity contribution >= 4 is 50.3 Å². The van der Waals surface area contributed by atoms with Crippen LogP contribution in [-0.4, -0.2) is 26.6 Å². The number of amides is 1. The summed E-state index contributed by atoms with van der Waals surface area (Å²) in [6.07, 6.45) is 0. The van der Waals surface area contributed by atoms with Gasteiger partial charge in [0.25, 0.3) is 0 Å². The van der Waals surface area contributed by atoms with Crippen molar-refractivity contribution in [2.75, 3.05) is 5.75 Å². The van der Waals surface area contributed by atoms with Gasteiger partial charge in [-0.15, -0.1) is 11.3 Å². The van der Waals surface area contributed by atoms with E-state index in [9.17, 15) is 4.79 Å². The lowest BCUT2D eigenvalue weighted by atomic mass is 10.3. The Bertz CT molecular complexity index is 974. The van der Waals surface area contributed by atoms with Crippen molar-refractivity contribution in [2.45, 2.75) is 17.3 Å². The van der Waals surface area contributed by atoms with Crippen molar-refractivity contribution in [2.24, 2.45) is 0 Å². The Morgan fingerprint density at radius 1 is 1.16 bits per heavy atom. The lowest BCUT2D eigenvalue weighted by molar-refractivity contribution is -0.119. The summed E-state index contributed by atoms with van der Waals surface area (Å²) in [5, 5.41) is 2.98. The summed E-state index contributed by atoms with van der Waals surface area (Å²) in [6.45, 7) is 1.93. The first-order valence-electron chi connectivity index (χ1n) is 7.91. The smallest absolute Gasteiger partial charge is 0.231 e. The van der Waals surface area contributed by atoms with Gasteiger partial charge in [-0.25, -0.2) is 9.97 Å². The summed E-state index contributed by atoms with van der Waals surface area (Å²) in [7, 11) is 0. The molecule has 0 aliphatic carbocycles. The van der Waals surface area contributed by atoms with Crippen molar-refractivity contribution in [1.29, 1.82) is 0 Å². The molecule has 1 unspecified atom stereocenters. The number of imidazole rings is 1. The van der Waals surface area contributed by atoms with Crippen LogP contribution in [0.2, 0.25) is 0 Å². The highest BCUT2D eigenvalue weighted by atomic mass is 32.2. The first-order valence-corrected chi connectivity index (χ1v) is 9.71. The van der Waals surface area contributed by atoms with Crippen LogP contribution < -0.4 is 5.32 Å². The number of hydrogen-bond acceptors (Lipinski definition) is 5. The Morgan fingerprint density at radius 2 is 1.92 bits per heavy atom. The Labute approximate surface area is 152 Å². The van der Waals surface area contributed by atoms with Gasteiger partial charge in [-0.05, 0) is 31.2 Å². The number of aromatic nitrogens is 3. The van der Waals surface area contributed by atoms with E-state index in [1.807, 2.05) is 55.5 Å². The first kappa shape index (κ1) is 16.1. The maximum atomic E-state index is 12.2. The van der Waals surface area contributed by atoms with E-state index in [0.717, 1.165) is 31.4 Å². The second kappa shape index (κ2) is 6.85. The van der Waals surface area contributed by atoms with Crippen LogP contribution in [0.15, 0.2) is 52.9 Å². The van der Waals surface area contributed by atoms with Crippen LogP contribution in [0, 0.1) is 0 Å². The number of fused-ring (bicyclic) bond motifs is 2. The Morgan fingerprint density at radius 3 is 2.72 bits per heavy atom. The number of carbonyl (C=O) groups excluding carboxylic acids is 1. The molecule has 0 radical (unpaired) electrons. The highest BCUT2D eigenvalue weighted by Crippen LogP contribution is 2.29. The quantitative estimate of drug-likeness (QED) is 0.519. The molecule has 0 fully saturated rings. The number of rotatable bonds is 5. The number of para-hydroxylation sites is 3. The van der Waals surface area contributed by atoms with E-state index >= 15 is 0 Å². The van der Waals surface area contributed by atoms with E-state index in [2.05, 4.69) is 20.3 Å². The second-order valence-corrected chi connectivity index (χ2v) is 7.92. The molecule has 0 spiro atoms. The lowest BCUT2D eigenvalue weighted by Gasteiger charge is -2.10. The highest BCUT2D eigenvalue weighted by molar-refractivity contribution is 8.01. The molecule has 0 bridgehead atoms. The summed E-state index contributed by atoms with van der Waals surface area (Å²) in [5.74, 6) is 1.07. The SMILES string of the molecule is CC(NC(=O)CSc1nc2ccccc2s1)c1nc2ccccc2[nH]1. The summed E-state index contributed by atoms with van der Waals surface area (Å²) in [6, 6.07) is 15.7. The zero-order valence-corrected chi connectivity index (χ0v) is 15.2. The lowest BCUT2D eigenvalue weighted by Crippen LogP contribution is -2.28. The largest absolute Gasteiger partial charge is 0.346 e. The summed E-state index contributed by atoms with van der Waals surface area (Å²) < 4.78 is 2.05. The third kappa shape index (κ3) is 3.52. The predicted molar refractivity (Wildman–Crippen MR) is 103 cm³/mol. The van der Waals surface area contributed by atoms with Crippen LogP contribution >= 0.6 is 23.1 Å². The van der Waals surface area contributed by atoms with Gasteiger partial charge in [0.1, 0.15) is 5.82 Å². The monoisotopic (exact) mass is 368 g/mol. The van der Waals surface area contributed by atoms with Gasteiger partial charge in [0, 0.05) is 0 Å². The fraction of sp³-hybridized carbons (Fsp3) is 0.167. The first-order chi connectivity index (χ1) is 12.2. The van der Waals surface area contributed by atoms with Gasteiger partial charge in [-0.3, -0.25) is 4.79 Å². The molecular formula is C18H16N4OS2. The number of thioether (sulfide) groups is 1. The topological polar surface area (TPSA) is 70.7 Å². The summed E-state index contributed by atoms with van der Waals surface area (Å²) >= 11 is 3.07. The van der Waals surface area contributed by atoms with E-state index < -0.39 is 0 Å². The fourth-order valence-corrected chi connectivity index (χ4v) is 4.45. The third-order valence-electron chi connectivity index (χ3n) is 3.80. The number of carbonyl (C=O) groups is 1. The molecule has 1 atom stereocenters. The zero-order chi connectivity index (χ0) is 17.2. The minimum atomic E-state index is -0.170. The van der Waals surface area contributed by atoms with E-state index in [1.54, 1.807) is 11.3 Å². The van der Waals surface area contributed by atoms with Gasteiger partial charge in [-0.1, -0.05) is 36.0 Å². The number of hydrogen-bond donors (Lipinski definition) is 2. The molecule has 4 rings (SSSR count). The molecule has 7 heteroatoms. The van der Waals surface area contributed by atoms with Crippen molar-refractivity contribution in [1.82, 2.24) is 20.3 Å². The minimum Gasteiger partial charge on any atom is -0.346 e. The zero-order valence-electron chi connectivity index (χ0n) is 13.5. The van der Waals surface area contributed by atoms with Crippen LogP contribution in [0.4, 0.5) is 0 Å². The van der Waals surface area contributed by atoms with E-state index in [-0.39, 0.29) is 11.9 Å². The summed E-state index contributed by atoms with van der Waals surface area (Å²) in [4.78, 5) is 24.5. The average Bonchev–Trinajstić information content (AvgIpc) is 3.23. The molecule has 4 aromatic rings. The van der Waals surface area contributed by atoms with Crippen LogP contribution in [0.25, 0.3) is 21.3 Å². The number of nitrogens with zero attached hydrogens (tertiary/aromatic N) is 2. The van der Waals surface area contributed by atoms with E-state index in [0.29, 0.717) is 5.75 Å². The average molecular weight is 368 g/mol. The predicted octanol–water partition coefficient (Wildman–Crippen LogP) is 4.14. The van der Waals surface area contributed by atoms with Crippen LogP contribution in [0.3, 0.4) is 0 Å². The number of nitrogens with one attached hydrogen (secondary N) is 2. The molecule has 5 nitrogen and oxygen atoms in total. The van der Waals surface area contributed by atoms with Crippen LogP contribution in [-0.2, 0) is 4.79 Å². The molecule has 126 valence electrons. The van der Waals surface area contributed by atoms with Crippen molar-refractivity contribution in [3.05, 3.63) is 54.4 Å². The molecule has 2 aromatic carbocycles. The van der Waals surface area contributed by atoms with Crippen molar-refractivity contribution < 1.29 is 4.79 Å². The molecule has 25 heavy (non-hydrogen) atoms. The minimum absolute atomic E-state index is 0.0304. The van der Waals surface area contributed by atoms with Gasteiger partial charge >= 0.3 is 0 Å². The molecule has 2 aromatic heterocycles. The molecule has 0 saturated carbocycles. The van der Waals surface area contributed by atoms with E-state index in [4.69, 9.17) is 0 Å². The molecule has 0 aliphatic heterocycles. The number of aromatic amines is 1. The number of benzene rings is 2. The highest BCUT2D eigenvalue weighted by Gasteiger charge is 2.14. The van der Waals surface area contributed by atoms with Gasteiger partial charge in [0.15, 0.2) is 4.34 Å². The Balaban J connectivity index is 1.37. The van der Waals surface area contributed by atoms with Crippen LogP contribution in [0.5, 0.6) is 0 Å². The molecule has 2 N–H and O–H groups in total. The fourth-order valence-electron chi connectivity index (χ4n) is 2.57. The summed E-state index contributed by atoms with van der Waals surface area (Å²) in [5.41, 5.74) is 2.86. The van der Waals surface area contributed by atoms with Crippen molar-refractivity contribution in [3.8, 4) is 0 Å². The molecular weight excluding hydrogens is 352 g/mol. The number of H-pyrrole nitrogens is 1. The maximum Gasteiger partial charge on any atom is 0.231 e. The van der Waals surface area contributed by atoms with E-state index in [1.165, 1.54) is 11.8 Å². The van der Waals surface area contributed by atoms with Gasteiger partial charge in [-0.2, -0.15) is 0 Å². The van der Waals surface area contributed by atoms with Gasteiger partial charge < -0.3 is 10.3 Å². The van der Waals surface area contributed by atoms with Crippen molar-refractivity contribution in [3.63, 3.8) is 0 Å². The molecule has 2 heterocycles. The van der Waals surface area contributed by atoms with Gasteiger partial charge in [0.2, 0.25) is 5.91 Å². The standard InChI is InChI=1S/C18H16N4OS2/c1-11(17-20-12-6-2-3-7-13(12)21-17)19-16(23)10-24-18-22-14-8-4-5-9-15(14)25-18/h2-9,11H,10H2,1H3,(H,19,23)(H,20,21). The van der Waals surface area contributed by atoms with Crippen LogP contribution in [0.1, 0.15) is 18.8 Å². The molecule has 0 aliphatic rings. The Kier molecular flexibility index (Phi) is 4.42. The molecule has 1 amide bonds. The Hall–Kier alpha value is -2.38. The third-order valence-corrected chi connectivity index (χ3v) is 5.98. The normalized spacial score (nSPS) is 12.5.